The third-order valence-electron chi connectivity index (χ3n) is 1.28. The zero-order chi connectivity index (χ0) is 12.3. The maximum atomic E-state index is 10.9. The van der Waals surface area contributed by atoms with Gasteiger partial charge in [-0.2, -0.15) is 0 Å². The molecule has 0 saturated heterocycles. The topological polar surface area (TPSA) is 94.9 Å². The predicted octanol–water partition coefficient (Wildman–Crippen LogP) is 0.215. The molecule has 0 heterocycles. The normalized spacial score (nSPS) is 9.60. The second kappa shape index (κ2) is 9.50. The molecule has 0 aromatic carbocycles. The molecule has 0 amide bonds. The van der Waals surface area contributed by atoms with Crippen molar-refractivity contribution in [3.8, 4) is 0 Å². The van der Waals surface area contributed by atoms with Crippen LogP contribution in [0.3, 0.4) is 0 Å². The minimum Gasteiger partial charge on any atom is -0.452 e. The highest BCUT2D eigenvalue weighted by Gasteiger charge is 2.46. The maximum Gasteiger partial charge on any atom is 0.750 e. The van der Waals surface area contributed by atoms with Crippen molar-refractivity contribution in [1.82, 2.24) is 0 Å². The summed E-state index contributed by atoms with van der Waals surface area (Å²) in [5.74, 6) is -0.396. The van der Waals surface area contributed by atoms with E-state index in [-0.39, 0.29) is 6.42 Å². The maximum absolute atomic E-state index is 10.9. The Kier molecular flexibility index (Phi) is 10.4. The number of carbonyl (C=O) groups excluding carboxylic acids is 2. The average molecular weight is 237 g/mol. The Balaban J connectivity index is 0. The van der Waals surface area contributed by atoms with Crippen LogP contribution in [-0.4, -0.2) is 42.4 Å². The molecule has 7 nitrogen and oxygen atoms in total. The summed E-state index contributed by atoms with van der Waals surface area (Å²) in [6, 6.07) is 0. The van der Waals surface area contributed by atoms with Crippen molar-refractivity contribution in [2.45, 2.75) is 13.3 Å². The molecule has 0 aliphatic heterocycles. The highest BCUT2D eigenvalue weighted by Crippen LogP contribution is 2.08. The van der Waals surface area contributed by atoms with E-state index in [2.05, 4.69) is 0 Å². The summed E-state index contributed by atoms with van der Waals surface area (Å²) in [5.41, 5.74) is 0. The van der Waals surface area contributed by atoms with E-state index in [1.54, 1.807) is 6.92 Å². The molecule has 0 fully saturated rings. The first-order valence-corrected chi connectivity index (χ1v) is 5.60. The minimum absolute atomic E-state index is 0.269. The van der Waals surface area contributed by atoms with Gasteiger partial charge in [0, 0.05) is 27.8 Å². The van der Waals surface area contributed by atoms with Gasteiger partial charge < -0.3 is 17.7 Å². The molecule has 0 aromatic rings. The summed E-state index contributed by atoms with van der Waals surface area (Å²) in [4.78, 5) is 19.2. The van der Waals surface area contributed by atoms with Crippen LogP contribution in [0.5, 0.6) is 0 Å². The van der Waals surface area contributed by atoms with Crippen molar-refractivity contribution < 1.29 is 27.3 Å². The number of isocyanates is 1. The molecule has 1 N–H and O–H groups in total. The highest BCUT2D eigenvalue weighted by atomic mass is 28.4. The number of rotatable bonds is 5. The van der Waals surface area contributed by atoms with E-state index < -0.39 is 15.0 Å². The van der Waals surface area contributed by atoms with E-state index in [9.17, 15) is 4.79 Å². The van der Waals surface area contributed by atoms with Gasteiger partial charge in [-0.05, 0) is 0 Å². The van der Waals surface area contributed by atoms with Crippen LogP contribution < -0.4 is 0 Å². The molecule has 0 saturated carbocycles. The molecule has 0 radical (unpaired) electrons. The summed E-state index contributed by atoms with van der Waals surface area (Å²) in [5, 5.41) is 5.40. The molecule has 0 unspecified atom stereocenters. The van der Waals surface area contributed by atoms with E-state index in [1.807, 2.05) is 0 Å². The van der Waals surface area contributed by atoms with Crippen LogP contribution in [0.15, 0.2) is 0 Å². The van der Waals surface area contributed by atoms with E-state index >= 15 is 0 Å². The first-order valence-electron chi connectivity index (χ1n) is 3.96. The Morgan fingerprint density at radius 3 is 1.80 bits per heavy atom. The number of hydrogen-bond acceptors (Lipinski definition) is 7. The van der Waals surface area contributed by atoms with Gasteiger partial charge in [0.15, 0.2) is 0 Å². The van der Waals surface area contributed by atoms with Gasteiger partial charge in [0.05, 0.1) is 0 Å². The average Bonchev–Trinajstić information content (AvgIpc) is 2.27. The fourth-order valence-corrected chi connectivity index (χ4v) is 1.76. The van der Waals surface area contributed by atoms with Crippen molar-refractivity contribution in [3.63, 3.8) is 0 Å². The third-order valence-corrected chi connectivity index (χ3v) is 3.26. The van der Waals surface area contributed by atoms with Crippen LogP contribution >= 0.6 is 0 Å². The molecule has 15 heavy (non-hydrogen) atoms. The summed E-state index contributed by atoms with van der Waals surface area (Å²) in [6.07, 6.45) is 1.02. The molecule has 0 atom stereocenters. The van der Waals surface area contributed by atoms with Crippen LogP contribution in [0.1, 0.15) is 13.3 Å². The summed E-state index contributed by atoms with van der Waals surface area (Å²) in [6.45, 7) is 1.68. The van der Waals surface area contributed by atoms with E-state index in [1.165, 1.54) is 21.3 Å². The predicted molar refractivity (Wildman–Crippen MR) is 51.6 cm³/mol. The first kappa shape index (κ1) is 16.4. The molecule has 0 spiro atoms. The summed E-state index contributed by atoms with van der Waals surface area (Å²) in [7, 11) is 0.980. The van der Waals surface area contributed by atoms with E-state index in [0.29, 0.717) is 0 Å². The lowest BCUT2D eigenvalue weighted by molar-refractivity contribution is -0.142. The zero-order valence-corrected chi connectivity index (χ0v) is 10.2. The van der Waals surface area contributed by atoms with Gasteiger partial charge in [-0.15, -0.1) is 0 Å². The van der Waals surface area contributed by atoms with E-state index in [4.69, 9.17) is 27.9 Å². The molecule has 0 aliphatic carbocycles. The molecule has 0 aromatic heterocycles. The first-order chi connectivity index (χ1) is 7.05. The van der Waals surface area contributed by atoms with Gasteiger partial charge >= 0.3 is 9.05 Å². The molecule has 0 bridgehead atoms. The second-order valence-electron chi connectivity index (χ2n) is 2.04. The molecule has 0 rings (SSSR count). The molecule has 0 aliphatic rings. The van der Waals surface area contributed by atoms with Gasteiger partial charge in [-0.25, -0.2) is 10.2 Å². The van der Waals surface area contributed by atoms with Gasteiger partial charge in [0.25, 0.3) is 5.97 Å². The SMILES string of the molecule is CCC(=O)O[Si](OC)(OC)OC.N=C=O. The van der Waals surface area contributed by atoms with Crippen molar-refractivity contribution in [2.75, 3.05) is 21.3 Å². The number of carbonyl (C=O) groups is 1. The Morgan fingerprint density at radius 2 is 1.60 bits per heavy atom. The fraction of sp³-hybridized carbons (Fsp3) is 0.714. The van der Waals surface area contributed by atoms with Crippen LogP contribution in [0.2, 0.25) is 0 Å². The standard InChI is InChI=1S/C6H14O5Si.CHNO/c1-5-6(7)11-12(8-2,9-3)10-4;2-1-3/h5H2,1-4H3;2H. The molecule has 88 valence electrons. The molecular formula is C7H15NO6Si. The van der Waals surface area contributed by atoms with Gasteiger partial charge in [0.2, 0.25) is 6.08 Å². The Labute approximate surface area is 89.3 Å². The van der Waals surface area contributed by atoms with Crippen LogP contribution in [0.25, 0.3) is 0 Å². The van der Waals surface area contributed by atoms with Crippen molar-refractivity contribution >= 4 is 21.1 Å². The number of hydrogen-bond donors (Lipinski definition) is 1. The second-order valence-corrected chi connectivity index (χ2v) is 4.47. The summed E-state index contributed by atoms with van der Waals surface area (Å²) < 4.78 is 19.4. The van der Waals surface area contributed by atoms with Gasteiger partial charge in [0.1, 0.15) is 0 Å². The monoisotopic (exact) mass is 237 g/mol. The lowest BCUT2D eigenvalue weighted by Crippen LogP contribution is -2.47. The fourth-order valence-electron chi connectivity index (χ4n) is 0.587. The highest BCUT2D eigenvalue weighted by molar-refractivity contribution is 6.55. The lowest BCUT2D eigenvalue weighted by Gasteiger charge is -2.21. The van der Waals surface area contributed by atoms with Gasteiger partial charge in [-0.1, -0.05) is 6.92 Å². The van der Waals surface area contributed by atoms with Crippen molar-refractivity contribution in [2.24, 2.45) is 0 Å². The third kappa shape index (κ3) is 6.94. The van der Waals surface area contributed by atoms with Gasteiger partial charge in [-0.3, -0.25) is 4.79 Å². The molecule has 8 heteroatoms. The van der Waals surface area contributed by atoms with Crippen LogP contribution in [0, 0.1) is 5.41 Å². The quantitative estimate of drug-likeness (QED) is 0.417. The van der Waals surface area contributed by atoms with Crippen LogP contribution in [0.4, 0.5) is 0 Å². The minimum atomic E-state index is -3.15. The zero-order valence-electron chi connectivity index (χ0n) is 9.16. The Morgan fingerprint density at radius 1 is 1.27 bits per heavy atom. The molecular weight excluding hydrogens is 222 g/mol. The van der Waals surface area contributed by atoms with Crippen molar-refractivity contribution in [1.29, 1.82) is 5.41 Å². The smallest absolute Gasteiger partial charge is 0.452 e. The van der Waals surface area contributed by atoms with E-state index in [0.717, 1.165) is 6.08 Å². The van der Waals surface area contributed by atoms with Crippen molar-refractivity contribution in [3.05, 3.63) is 0 Å². The number of nitrogens with one attached hydrogen (secondary N) is 1. The summed E-state index contributed by atoms with van der Waals surface area (Å²) >= 11 is 0. The van der Waals surface area contributed by atoms with Crippen LogP contribution in [-0.2, 0) is 27.3 Å². The largest absolute Gasteiger partial charge is 0.750 e. The lowest BCUT2D eigenvalue weighted by atomic mass is 10.5. The Hall–Kier alpha value is -1.05. The Bertz CT molecular complexity index is 203.